The Bertz CT molecular complexity index is 448. The number of alkyl halides is 3. The maximum absolute atomic E-state index is 12.3. The average molecular weight is 249 g/mol. The molecule has 0 aliphatic heterocycles. The van der Waals surface area contributed by atoms with Crippen LogP contribution in [-0.4, -0.2) is 17.1 Å². The van der Waals surface area contributed by atoms with Crippen LogP contribution in [0.2, 0.25) is 0 Å². The number of aliphatic carboxylic acids is 1. The number of furan rings is 1. The fourth-order valence-electron chi connectivity index (χ4n) is 1.84. The van der Waals surface area contributed by atoms with Gasteiger partial charge in [-0.15, -0.1) is 0 Å². The summed E-state index contributed by atoms with van der Waals surface area (Å²) in [6.45, 7) is 0. The van der Waals surface area contributed by atoms with Gasteiger partial charge in [0.25, 0.3) is 0 Å². The topological polar surface area (TPSA) is 76.5 Å². The monoisotopic (exact) mass is 249 g/mol. The van der Waals surface area contributed by atoms with Crippen LogP contribution in [0.3, 0.4) is 0 Å². The van der Waals surface area contributed by atoms with E-state index in [-0.39, 0.29) is 5.76 Å². The van der Waals surface area contributed by atoms with Crippen LogP contribution in [0.15, 0.2) is 16.5 Å². The van der Waals surface area contributed by atoms with E-state index in [4.69, 9.17) is 10.8 Å². The summed E-state index contributed by atoms with van der Waals surface area (Å²) in [4.78, 5) is 10.8. The van der Waals surface area contributed by atoms with Gasteiger partial charge in [-0.25, -0.2) is 0 Å². The quantitative estimate of drug-likeness (QED) is 0.855. The van der Waals surface area contributed by atoms with E-state index in [9.17, 15) is 18.0 Å². The standard InChI is InChI=1S/C10H10F3NO3/c11-10(12,13)6-2-1-5(17-6)9(3-4-9)7(14)8(15)16/h1-2,7H,3-4,14H2,(H,15,16). The van der Waals surface area contributed by atoms with Crippen molar-refractivity contribution in [3.63, 3.8) is 0 Å². The van der Waals surface area contributed by atoms with Crippen LogP contribution < -0.4 is 5.73 Å². The number of hydrogen-bond donors (Lipinski definition) is 2. The third-order valence-corrected chi connectivity index (χ3v) is 3.03. The minimum Gasteiger partial charge on any atom is -0.480 e. The molecule has 1 aliphatic carbocycles. The van der Waals surface area contributed by atoms with Crippen LogP contribution in [0.1, 0.15) is 24.4 Å². The van der Waals surface area contributed by atoms with E-state index >= 15 is 0 Å². The van der Waals surface area contributed by atoms with Crippen molar-refractivity contribution in [1.29, 1.82) is 0 Å². The van der Waals surface area contributed by atoms with E-state index < -0.39 is 29.4 Å². The van der Waals surface area contributed by atoms with Crippen molar-refractivity contribution in [3.05, 3.63) is 23.7 Å². The van der Waals surface area contributed by atoms with E-state index in [0.717, 1.165) is 12.1 Å². The Kier molecular flexibility index (Phi) is 2.46. The third-order valence-electron chi connectivity index (χ3n) is 3.03. The summed E-state index contributed by atoms with van der Waals surface area (Å²) in [5.74, 6) is -2.37. The second-order valence-corrected chi connectivity index (χ2v) is 4.13. The lowest BCUT2D eigenvalue weighted by atomic mass is 9.94. The molecule has 0 aromatic carbocycles. The maximum Gasteiger partial charge on any atom is 0.449 e. The van der Waals surface area contributed by atoms with Gasteiger partial charge in [-0.1, -0.05) is 0 Å². The summed E-state index contributed by atoms with van der Waals surface area (Å²) < 4.78 is 41.7. The molecule has 1 aromatic rings. The van der Waals surface area contributed by atoms with E-state index in [0.29, 0.717) is 12.8 Å². The minimum absolute atomic E-state index is 0.000255. The lowest BCUT2D eigenvalue weighted by Gasteiger charge is -2.16. The van der Waals surface area contributed by atoms with Crippen molar-refractivity contribution in [1.82, 2.24) is 0 Å². The summed E-state index contributed by atoms with van der Waals surface area (Å²) in [6, 6.07) is 0.706. The molecule has 0 spiro atoms. The SMILES string of the molecule is NC(C(=O)O)C1(c2ccc(C(F)(F)F)o2)CC1. The van der Waals surface area contributed by atoms with Crippen LogP contribution in [0, 0.1) is 0 Å². The van der Waals surface area contributed by atoms with Crippen molar-refractivity contribution in [2.45, 2.75) is 30.5 Å². The number of nitrogens with two attached hydrogens (primary N) is 1. The zero-order valence-electron chi connectivity index (χ0n) is 8.62. The lowest BCUT2D eigenvalue weighted by molar-refractivity contribution is -0.153. The Hall–Kier alpha value is -1.50. The molecule has 2 rings (SSSR count). The predicted octanol–water partition coefficient (Wildman–Crippen LogP) is 1.74. The Morgan fingerprint density at radius 1 is 1.47 bits per heavy atom. The van der Waals surface area contributed by atoms with Crippen molar-refractivity contribution in [2.24, 2.45) is 5.73 Å². The van der Waals surface area contributed by atoms with Crippen molar-refractivity contribution >= 4 is 5.97 Å². The van der Waals surface area contributed by atoms with Gasteiger partial charge in [0.1, 0.15) is 11.8 Å². The third kappa shape index (κ3) is 1.90. The van der Waals surface area contributed by atoms with Gasteiger partial charge in [0.05, 0.1) is 5.41 Å². The normalized spacial score (nSPS) is 20.0. The highest BCUT2D eigenvalue weighted by molar-refractivity contribution is 5.76. The number of carboxylic acid groups (broad SMARTS) is 1. The molecule has 0 radical (unpaired) electrons. The first-order valence-electron chi connectivity index (χ1n) is 4.93. The maximum atomic E-state index is 12.3. The number of halogens is 3. The molecular formula is C10H10F3NO3. The van der Waals surface area contributed by atoms with Crippen LogP contribution in [0.4, 0.5) is 13.2 Å². The van der Waals surface area contributed by atoms with Gasteiger partial charge in [-0.3, -0.25) is 4.79 Å². The molecule has 1 saturated carbocycles. The second-order valence-electron chi connectivity index (χ2n) is 4.13. The molecule has 17 heavy (non-hydrogen) atoms. The van der Waals surface area contributed by atoms with Gasteiger partial charge >= 0.3 is 12.1 Å². The number of carboxylic acids is 1. The fraction of sp³-hybridized carbons (Fsp3) is 0.500. The van der Waals surface area contributed by atoms with E-state index in [2.05, 4.69) is 4.42 Å². The van der Waals surface area contributed by atoms with Crippen LogP contribution in [0.5, 0.6) is 0 Å². The van der Waals surface area contributed by atoms with E-state index in [1.54, 1.807) is 0 Å². The number of rotatable bonds is 3. The molecule has 94 valence electrons. The molecule has 0 saturated heterocycles. The molecule has 1 atom stereocenters. The molecule has 1 aliphatic rings. The number of carbonyl (C=O) groups is 1. The number of hydrogen-bond acceptors (Lipinski definition) is 3. The van der Waals surface area contributed by atoms with Crippen molar-refractivity contribution < 1.29 is 27.5 Å². The zero-order valence-corrected chi connectivity index (χ0v) is 8.62. The molecule has 1 unspecified atom stereocenters. The molecule has 1 heterocycles. The lowest BCUT2D eigenvalue weighted by Crippen LogP contribution is -2.41. The van der Waals surface area contributed by atoms with Gasteiger partial charge in [0, 0.05) is 0 Å². The van der Waals surface area contributed by atoms with E-state index in [1.807, 2.05) is 0 Å². The largest absolute Gasteiger partial charge is 0.480 e. The molecule has 0 amide bonds. The highest BCUT2D eigenvalue weighted by Crippen LogP contribution is 2.51. The summed E-state index contributed by atoms with van der Waals surface area (Å²) in [6.07, 6.45) is -3.72. The molecule has 4 nitrogen and oxygen atoms in total. The Morgan fingerprint density at radius 3 is 2.41 bits per heavy atom. The smallest absolute Gasteiger partial charge is 0.449 e. The molecule has 1 fully saturated rings. The van der Waals surface area contributed by atoms with Crippen molar-refractivity contribution in [2.75, 3.05) is 0 Å². The first-order chi connectivity index (χ1) is 7.77. The molecular weight excluding hydrogens is 239 g/mol. The molecule has 0 bridgehead atoms. The summed E-state index contributed by atoms with van der Waals surface area (Å²) in [7, 11) is 0. The van der Waals surface area contributed by atoms with Crippen LogP contribution in [0.25, 0.3) is 0 Å². The Balaban J connectivity index is 2.30. The van der Waals surface area contributed by atoms with Gasteiger partial charge in [0.15, 0.2) is 0 Å². The molecule has 3 N–H and O–H groups in total. The minimum atomic E-state index is -4.57. The van der Waals surface area contributed by atoms with Crippen molar-refractivity contribution in [3.8, 4) is 0 Å². The first-order valence-corrected chi connectivity index (χ1v) is 4.93. The predicted molar refractivity (Wildman–Crippen MR) is 50.2 cm³/mol. The average Bonchev–Trinajstić information content (AvgIpc) is 2.85. The van der Waals surface area contributed by atoms with Crippen LogP contribution >= 0.6 is 0 Å². The first kappa shape index (κ1) is 12.0. The molecule has 7 heteroatoms. The second kappa shape index (κ2) is 3.49. The van der Waals surface area contributed by atoms with Gasteiger partial charge in [-0.05, 0) is 25.0 Å². The summed E-state index contributed by atoms with van der Waals surface area (Å²) in [5, 5.41) is 8.80. The van der Waals surface area contributed by atoms with Gasteiger partial charge < -0.3 is 15.3 Å². The zero-order chi connectivity index (χ0) is 12.8. The molecule has 1 aromatic heterocycles. The Labute approximate surface area is 94.2 Å². The summed E-state index contributed by atoms with van der Waals surface area (Å²) in [5.41, 5.74) is 4.49. The highest BCUT2D eigenvalue weighted by Gasteiger charge is 2.55. The highest BCUT2D eigenvalue weighted by atomic mass is 19.4. The van der Waals surface area contributed by atoms with Gasteiger partial charge in [0.2, 0.25) is 5.76 Å². The Morgan fingerprint density at radius 2 is 2.06 bits per heavy atom. The van der Waals surface area contributed by atoms with Crippen LogP contribution in [-0.2, 0) is 16.4 Å². The summed E-state index contributed by atoms with van der Waals surface area (Å²) >= 11 is 0. The van der Waals surface area contributed by atoms with E-state index in [1.165, 1.54) is 0 Å². The van der Waals surface area contributed by atoms with Gasteiger partial charge in [-0.2, -0.15) is 13.2 Å². The fourth-order valence-corrected chi connectivity index (χ4v) is 1.84.